The zero-order chi connectivity index (χ0) is 12.7. The van der Waals surface area contributed by atoms with E-state index >= 15 is 0 Å². The van der Waals surface area contributed by atoms with E-state index in [4.69, 9.17) is 11.6 Å². The van der Waals surface area contributed by atoms with Gasteiger partial charge in [0, 0.05) is 19.1 Å². The van der Waals surface area contributed by atoms with Crippen molar-refractivity contribution in [3.8, 4) is 0 Å². The van der Waals surface area contributed by atoms with Crippen LogP contribution in [0.2, 0.25) is 5.02 Å². The highest BCUT2D eigenvalue weighted by Gasteiger charge is 2.41. The largest absolute Gasteiger partial charge is 0.393 e. The lowest BCUT2D eigenvalue weighted by molar-refractivity contribution is 0.126. The van der Waals surface area contributed by atoms with Crippen molar-refractivity contribution in [3.05, 3.63) is 11.2 Å². The van der Waals surface area contributed by atoms with Crippen molar-refractivity contribution in [2.45, 2.75) is 43.9 Å². The van der Waals surface area contributed by atoms with Crippen LogP contribution in [0.4, 0.5) is 11.8 Å². The Balaban J connectivity index is 1.95. The predicted molar refractivity (Wildman–Crippen MR) is 71.1 cm³/mol. The average Bonchev–Trinajstić information content (AvgIpc) is 2.63. The molecule has 2 saturated heterocycles. The Morgan fingerprint density at radius 3 is 2.67 bits per heavy atom. The Labute approximate surface area is 111 Å². The van der Waals surface area contributed by atoms with Crippen LogP contribution in [-0.4, -0.2) is 40.3 Å². The smallest absolute Gasteiger partial charge is 0.224 e. The molecule has 1 aromatic heterocycles. The van der Waals surface area contributed by atoms with Gasteiger partial charge in [-0.05, 0) is 25.7 Å². The Hall–Kier alpha value is -1.07. The minimum absolute atomic E-state index is 0.178. The van der Waals surface area contributed by atoms with Crippen LogP contribution in [0.25, 0.3) is 0 Å². The minimum Gasteiger partial charge on any atom is -0.393 e. The van der Waals surface area contributed by atoms with Crippen LogP contribution in [0.15, 0.2) is 6.20 Å². The summed E-state index contributed by atoms with van der Waals surface area (Å²) >= 11 is 6.22. The van der Waals surface area contributed by atoms with Gasteiger partial charge in [-0.2, -0.15) is 4.98 Å². The Bertz CT molecular complexity index is 442. The maximum absolute atomic E-state index is 9.82. The molecule has 98 valence electrons. The van der Waals surface area contributed by atoms with Crippen LogP contribution in [-0.2, 0) is 0 Å². The van der Waals surface area contributed by atoms with E-state index in [2.05, 4.69) is 20.2 Å². The second-order valence-electron chi connectivity index (χ2n) is 5.03. The fourth-order valence-corrected chi connectivity index (χ4v) is 3.34. The summed E-state index contributed by atoms with van der Waals surface area (Å²) in [5.74, 6) is 1.38. The Kier molecular flexibility index (Phi) is 3.03. The number of aromatic nitrogens is 2. The molecular formula is C12H17ClN4O. The van der Waals surface area contributed by atoms with Crippen molar-refractivity contribution in [2.24, 2.45) is 0 Å². The highest BCUT2D eigenvalue weighted by molar-refractivity contribution is 6.32. The van der Waals surface area contributed by atoms with E-state index in [1.54, 1.807) is 13.2 Å². The molecule has 2 N–H and O–H groups in total. The number of aliphatic hydroxyl groups is 1. The zero-order valence-corrected chi connectivity index (χ0v) is 11.1. The first-order valence-corrected chi connectivity index (χ1v) is 6.73. The van der Waals surface area contributed by atoms with Crippen LogP contribution < -0.4 is 10.2 Å². The van der Waals surface area contributed by atoms with Crippen molar-refractivity contribution < 1.29 is 5.11 Å². The molecule has 1 aromatic rings. The van der Waals surface area contributed by atoms with Gasteiger partial charge in [-0.15, -0.1) is 0 Å². The van der Waals surface area contributed by atoms with Crippen molar-refractivity contribution >= 4 is 23.4 Å². The number of nitrogens with one attached hydrogen (secondary N) is 1. The van der Waals surface area contributed by atoms with Crippen molar-refractivity contribution in [1.82, 2.24) is 9.97 Å². The highest BCUT2D eigenvalue weighted by atomic mass is 35.5. The van der Waals surface area contributed by atoms with E-state index < -0.39 is 0 Å². The van der Waals surface area contributed by atoms with Crippen LogP contribution in [0.1, 0.15) is 25.7 Å². The van der Waals surface area contributed by atoms with E-state index in [0.717, 1.165) is 31.5 Å². The lowest BCUT2D eigenvalue weighted by atomic mass is 10.00. The van der Waals surface area contributed by atoms with Crippen molar-refractivity contribution in [1.29, 1.82) is 0 Å². The van der Waals surface area contributed by atoms with Crippen molar-refractivity contribution in [3.63, 3.8) is 0 Å². The molecule has 18 heavy (non-hydrogen) atoms. The number of hydrogen-bond acceptors (Lipinski definition) is 5. The van der Waals surface area contributed by atoms with Gasteiger partial charge in [0.25, 0.3) is 0 Å². The molecule has 2 aliphatic rings. The van der Waals surface area contributed by atoms with Gasteiger partial charge in [-0.25, -0.2) is 4.98 Å². The number of hydrogen-bond donors (Lipinski definition) is 2. The second kappa shape index (κ2) is 4.55. The van der Waals surface area contributed by atoms with Gasteiger partial charge >= 0.3 is 0 Å². The first-order chi connectivity index (χ1) is 8.69. The summed E-state index contributed by atoms with van der Waals surface area (Å²) in [6.45, 7) is 0. The third-order valence-corrected chi connectivity index (χ3v) is 4.17. The van der Waals surface area contributed by atoms with Gasteiger partial charge in [0.05, 0.1) is 12.3 Å². The quantitative estimate of drug-likeness (QED) is 0.854. The van der Waals surface area contributed by atoms with Crippen LogP contribution >= 0.6 is 11.6 Å². The number of aliphatic hydroxyl groups excluding tert-OH is 1. The first-order valence-electron chi connectivity index (χ1n) is 6.35. The monoisotopic (exact) mass is 268 g/mol. The summed E-state index contributed by atoms with van der Waals surface area (Å²) < 4.78 is 0. The molecule has 3 heterocycles. The molecule has 3 rings (SSSR count). The van der Waals surface area contributed by atoms with Crippen LogP contribution in [0.3, 0.4) is 0 Å². The van der Waals surface area contributed by atoms with E-state index in [-0.39, 0.29) is 6.10 Å². The van der Waals surface area contributed by atoms with E-state index in [1.807, 2.05) is 0 Å². The summed E-state index contributed by atoms with van der Waals surface area (Å²) in [6, 6.07) is 0.715. The number of nitrogens with zero attached hydrogens (tertiary/aromatic N) is 3. The fraction of sp³-hybridized carbons (Fsp3) is 0.667. The second-order valence-corrected chi connectivity index (χ2v) is 5.44. The molecule has 2 atom stereocenters. The summed E-state index contributed by atoms with van der Waals surface area (Å²) in [4.78, 5) is 10.9. The number of rotatable bonds is 2. The molecule has 0 aromatic carbocycles. The van der Waals surface area contributed by atoms with E-state index in [1.165, 1.54) is 0 Å². The topological polar surface area (TPSA) is 61.3 Å². The Morgan fingerprint density at radius 1 is 1.39 bits per heavy atom. The molecule has 0 saturated carbocycles. The number of anilines is 2. The molecule has 0 radical (unpaired) electrons. The van der Waals surface area contributed by atoms with Gasteiger partial charge < -0.3 is 15.3 Å². The van der Waals surface area contributed by atoms with Gasteiger partial charge in [0.2, 0.25) is 5.95 Å². The average molecular weight is 269 g/mol. The standard InChI is InChI=1S/C12H17ClN4O/c1-14-12-15-6-10(13)11(16-12)17-7-2-3-8(17)5-9(18)4-7/h6-9,18H,2-5H2,1H3,(H,14,15,16). The summed E-state index contributed by atoms with van der Waals surface area (Å²) in [7, 11) is 1.79. The molecule has 2 bridgehead atoms. The lowest BCUT2D eigenvalue weighted by Crippen LogP contribution is -2.45. The molecule has 2 unspecified atom stereocenters. The molecule has 0 amide bonds. The summed E-state index contributed by atoms with van der Waals surface area (Å²) in [5.41, 5.74) is 0. The third kappa shape index (κ3) is 1.91. The molecular weight excluding hydrogens is 252 g/mol. The lowest BCUT2D eigenvalue weighted by Gasteiger charge is -2.38. The predicted octanol–water partition coefficient (Wildman–Crippen LogP) is 1.66. The normalized spacial score (nSPS) is 30.6. The van der Waals surface area contributed by atoms with Gasteiger partial charge in [-0.1, -0.05) is 11.6 Å². The Morgan fingerprint density at radius 2 is 2.06 bits per heavy atom. The molecule has 0 spiro atoms. The molecule has 6 heteroatoms. The first kappa shape index (κ1) is 12.0. The third-order valence-electron chi connectivity index (χ3n) is 3.90. The highest BCUT2D eigenvalue weighted by Crippen LogP contribution is 2.40. The fourth-order valence-electron chi connectivity index (χ4n) is 3.15. The van der Waals surface area contributed by atoms with E-state index in [0.29, 0.717) is 23.1 Å². The number of halogens is 1. The molecule has 2 aliphatic heterocycles. The van der Waals surface area contributed by atoms with Gasteiger partial charge in [-0.3, -0.25) is 0 Å². The van der Waals surface area contributed by atoms with Crippen LogP contribution in [0, 0.1) is 0 Å². The van der Waals surface area contributed by atoms with Gasteiger partial charge in [0.15, 0.2) is 5.82 Å². The van der Waals surface area contributed by atoms with E-state index in [9.17, 15) is 5.11 Å². The van der Waals surface area contributed by atoms with Crippen molar-refractivity contribution in [2.75, 3.05) is 17.3 Å². The number of fused-ring (bicyclic) bond motifs is 2. The summed E-state index contributed by atoms with van der Waals surface area (Å²) in [5, 5.41) is 13.3. The SMILES string of the molecule is CNc1ncc(Cl)c(N2C3CCC2CC(O)C3)n1. The molecule has 5 nitrogen and oxygen atoms in total. The van der Waals surface area contributed by atoms with Gasteiger partial charge in [0.1, 0.15) is 5.02 Å². The zero-order valence-electron chi connectivity index (χ0n) is 10.3. The maximum Gasteiger partial charge on any atom is 0.224 e. The minimum atomic E-state index is -0.178. The molecule has 0 aliphatic carbocycles. The maximum atomic E-state index is 9.82. The molecule has 2 fully saturated rings. The summed E-state index contributed by atoms with van der Waals surface area (Å²) in [6.07, 6.45) is 5.30. The van der Waals surface area contributed by atoms with Crippen LogP contribution in [0.5, 0.6) is 0 Å². The number of piperidine rings is 1.